The van der Waals surface area contributed by atoms with Crippen molar-refractivity contribution in [2.75, 3.05) is 6.54 Å². The summed E-state index contributed by atoms with van der Waals surface area (Å²) in [6, 6.07) is 16.5. The number of amides is 2. The first-order valence-electron chi connectivity index (χ1n) is 11.6. The molecule has 8 heteroatoms. The number of hydrogen-bond acceptors (Lipinski definition) is 4. The summed E-state index contributed by atoms with van der Waals surface area (Å²) in [6.45, 7) is 4.17. The van der Waals surface area contributed by atoms with Crippen LogP contribution in [-0.4, -0.2) is 50.5 Å². The molecule has 1 fully saturated rings. The number of benzene rings is 2. The van der Waals surface area contributed by atoms with Crippen LogP contribution in [0.1, 0.15) is 54.6 Å². The van der Waals surface area contributed by atoms with Gasteiger partial charge in [0, 0.05) is 13.5 Å². The Balaban J connectivity index is 1.56. The second-order valence-corrected chi connectivity index (χ2v) is 9.09. The Bertz CT molecular complexity index is 1130. The number of hydrogen-bond donors (Lipinski definition) is 1. The second kappa shape index (κ2) is 10.2. The van der Waals surface area contributed by atoms with Gasteiger partial charge >= 0.3 is 0 Å². The molecule has 0 unspecified atom stereocenters. The Hall–Kier alpha value is -3.55. The minimum absolute atomic E-state index is 0.0127. The van der Waals surface area contributed by atoms with Gasteiger partial charge in [-0.2, -0.15) is 0 Å². The molecule has 0 aliphatic carbocycles. The number of nitrogens with zero attached hydrogens (tertiary/aromatic N) is 4. The molecule has 4 rings (SSSR count). The number of aromatic nitrogens is 3. The van der Waals surface area contributed by atoms with Gasteiger partial charge in [0.2, 0.25) is 11.8 Å². The lowest BCUT2D eigenvalue weighted by Gasteiger charge is -2.27. The van der Waals surface area contributed by atoms with Crippen molar-refractivity contribution in [1.82, 2.24) is 25.2 Å². The predicted octanol–water partition coefficient (Wildman–Crippen LogP) is 3.33. The molecule has 0 bridgehead atoms. The Labute approximate surface area is 199 Å². The summed E-state index contributed by atoms with van der Waals surface area (Å²) in [6.07, 6.45) is 0.251. The van der Waals surface area contributed by atoms with Gasteiger partial charge in [-0.15, -0.1) is 5.10 Å². The Morgan fingerprint density at radius 3 is 2.32 bits per heavy atom. The Morgan fingerprint density at radius 1 is 1.06 bits per heavy atom. The van der Waals surface area contributed by atoms with Gasteiger partial charge in [-0.05, 0) is 22.6 Å². The molecule has 7 nitrogen and oxygen atoms in total. The Kier molecular flexibility index (Phi) is 7.05. The molecular weight excluding hydrogens is 433 g/mol. The van der Waals surface area contributed by atoms with Gasteiger partial charge in [-0.25, -0.2) is 4.39 Å². The molecule has 3 aromatic rings. The van der Waals surface area contributed by atoms with Crippen LogP contribution in [0.4, 0.5) is 4.39 Å². The maximum Gasteiger partial charge on any atom is 0.243 e. The van der Waals surface area contributed by atoms with E-state index in [1.165, 1.54) is 21.3 Å². The fourth-order valence-electron chi connectivity index (χ4n) is 4.35. The van der Waals surface area contributed by atoms with Gasteiger partial charge in [0.25, 0.3) is 0 Å². The van der Waals surface area contributed by atoms with Crippen LogP contribution in [0, 0.1) is 0 Å². The summed E-state index contributed by atoms with van der Waals surface area (Å²) in [7, 11) is 1.69. The van der Waals surface area contributed by atoms with E-state index >= 15 is 0 Å². The summed E-state index contributed by atoms with van der Waals surface area (Å²) in [4.78, 5) is 27.7. The van der Waals surface area contributed by atoms with Crippen LogP contribution < -0.4 is 5.32 Å². The first-order chi connectivity index (χ1) is 16.3. The lowest BCUT2D eigenvalue weighted by Crippen LogP contribution is -2.47. The highest BCUT2D eigenvalue weighted by Crippen LogP contribution is 2.27. The molecule has 1 N–H and O–H groups in total. The third-order valence-corrected chi connectivity index (χ3v) is 6.37. The zero-order chi connectivity index (χ0) is 24.2. The monoisotopic (exact) mass is 463 g/mol. The number of carbonyl (C=O) groups excluding carboxylic acids is 2. The van der Waals surface area contributed by atoms with Crippen LogP contribution in [0.15, 0.2) is 60.8 Å². The molecule has 1 aliphatic heterocycles. The molecule has 3 atom stereocenters. The summed E-state index contributed by atoms with van der Waals surface area (Å²) < 4.78 is 15.9. The van der Waals surface area contributed by atoms with E-state index in [1.54, 1.807) is 7.05 Å². The summed E-state index contributed by atoms with van der Waals surface area (Å²) in [5, 5.41) is 10.7. The van der Waals surface area contributed by atoms with E-state index in [0.29, 0.717) is 11.6 Å². The highest BCUT2D eigenvalue weighted by molar-refractivity contribution is 5.89. The number of alkyl halides is 1. The normalized spacial score (nSPS) is 18.8. The molecule has 2 heterocycles. The topological polar surface area (TPSA) is 80.1 Å². The third kappa shape index (κ3) is 5.16. The molecule has 34 heavy (non-hydrogen) atoms. The van der Waals surface area contributed by atoms with E-state index in [1.807, 2.05) is 42.5 Å². The van der Waals surface area contributed by atoms with E-state index in [2.05, 4.69) is 41.6 Å². The van der Waals surface area contributed by atoms with Gasteiger partial charge in [0.1, 0.15) is 12.2 Å². The molecule has 2 aromatic carbocycles. The minimum Gasteiger partial charge on any atom is -0.343 e. The maximum atomic E-state index is 14.4. The number of carbonyl (C=O) groups is 2. The van der Waals surface area contributed by atoms with Crippen molar-refractivity contribution in [3.8, 4) is 0 Å². The number of rotatable bonds is 7. The van der Waals surface area contributed by atoms with Gasteiger partial charge in [-0.3, -0.25) is 14.3 Å². The fourth-order valence-corrected chi connectivity index (χ4v) is 4.35. The van der Waals surface area contributed by atoms with Crippen molar-refractivity contribution in [1.29, 1.82) is 0 Å². The van der Waals surface area contributed by atoms with Crippen LogP contribution in [-0.2, 0) is 23.1 Å². The van der Waals surface area contributed by atoms with Crippen molar-refractivity contribution in [2.45, 2.75) is 50.9 Å². The van der Waals surface area contributed by atoms with Crippen LogP contribution in [0.25, 0.3) is 0 Å². The van der Waals surface area contributed by atoms with E-state index in [-0.39, 0.29) is 31.2 Å². The van der Waals surface area contributed by atoms with Crippen LogP contribution >= 0.6 is 0 Å². The van der Waals surface area contributed by atoms with E-state index in [4.69, 9.17) is 0 Å². The van der Waals surface area contributed by atoms with E-state index in [0.717, 1.165) is 11.1 Å². The highest BCUT2D eigenvalue weighted by atomic mass is 19.1. The molecule has 1 aromatic heterocycles. The molecular formula is C26H30FN5O2. The number of likely N-dealkylation sites (tertiary alicyclic amines) is 1. The maximum absolute atomic E-state index is 14.4. The predicted molar refractivity (Wildman–Crippen MR) is 127 cm³/mol. The summed E-state index contributed by atoms with van der Waals surface area (Å²) in [5.74, 6) is -0.283. The number of halogens is 1. The quantitative estimate of drug-likeness (QED) is 0.583. The first kappa shape index (κ1) is 23.6. The molecule has 0 radical (unpaired) electrons. The molecule has 178 valence electrons. The molecule has 0 saturated carbocycles. The zero-order valence-electron chi connectivity index (χ0n) is 19.7. The second-order valence-electron chi connectivity index (χ2n) is 9.09. The Morgan fingerprint density at radius 2 is 1.71 bits per heavy atom. The number of nitrogens with one attached hydrogen (secondary N) is 1. The number of aryl methyl sites for hydroxylation is 1. The van der Waals surface area contributed by atoms with Crippen molar-refractivity contribution < 1.29 is 14.0 Å². The van der Waals surface area contributed by atoms with Crippen LogP contribution in [0.2, 0.25) is 0 Å². The van der Waals surface area contributed by atoms with Crippen LogP contribution in [0.3, 0.4) is 0 Å². The molecule has 1 saturated heterocycles. The van der Waals surface area contributed by atoms with Crippen molar-refractivity contribution in [2.24, 2.45) is 7.05 Å². The van der Waals surface area contributed by atoms with Gasteiger partial charge in [0.15, 0.2) is 0 Å². The smallest absolute Gasteiger partial charge is 0.243 e. The average molecular weight is 464 g/mol. The largest absolute Gasteiger partial charge is 0.343 e. The van der Waals surface area contributed by atoms with Crippen molar-refractivity contribution in [3.63, 3.8) is 0 Å². The SMILES string of the molecule is CC(C)c1ccc([C@@H](NC(=O)[C@@H]2C[C@@H](F)CN2C(=O)Cc2cnnn2C)c2ccccc2)cc1. The average Bonchev–Trinajstić information content (AvgIpc) is 3.43. The minimum atomic E-state index is -1.25. The van der Waals surface area contributed by atoms with Gasteiger partial charge in [-0.1, -0.05) is 73.7 Å². The first-order valence-corrected chi connectivity index (χ1v) is 11.6. The van der Waals surface area contributed by atoms with E-state index < -0.39 is 18.3 Å². The lowest BCUT2D eigenvalue weighted by atomic mass is 9.95. The summed E-state index contributed by atoms with van der Waals surface area (Å²) >= 11 is 0. The van der Waals surface area contributed by atoms with Crippen molar-refractivity contribution in [3.05, 3.63) is 83.2 Å². The zero-order valence-corrected chi connectivity index (χ0v) is 19.7. The molecule has 1 aliphatic rings. The van der Waals surface area contributed by atoms with Crippen molar-refractivity contribution >= 4 is 11.8 Å². The highest BCUT2D eigenvalue weighted by Gasteiger charge is 2.40. The van der Waals surface area contributed by atoms with E-state index in [9.17, 15) is 14.0 Å². The molecule has 0 spiro atoms. The molecule has 2 amide bonds. The standard InChI is InChI=1S/C26H30FN5O2/c1-17(2)18-9-11-20(12-10-18)25(19-7-5-4-6-8-19)29-26(34)23-13-21(27)16-32(23)24(33)14-22-15-28-30-31(22)3/h4-12,15,17,21,23,25H,13-14,16H2,1-3H3,(H,29,34)/t21-,23+,25+/m1/s1. The van der Waals surface area contributed by atoms with Gasteiger partial charge < -0.3 is 10.2 Å². The third-order valence-electron chi connectivity index (χ3n) is 6.37. The lowest BCUT2D eigenvalue weighted by molar-refractivity contribution is -0.138. The fraction of sp³-hybridized carbons (Fsp3) is 0.385. The van der Waals surface area contributed by atoms with Gasteiger partial charge in [0.05, 0.1) is 30.9 Å². The summed E-state index contributed by atoms with van der Waals surface area (Å²) in [5.41, 5.74) is 3.66. The van der Waals surface area contributed by atoms with Crippen LogP contribution in [0.5, 0.6) is 0 Å².